The summed E-state index contributed by atoms with van der Waals surface area (Å²) in [4.78, 5) is 10.2. The molecule has 74 valence electrons. The van der Waals surface area contributed by atoms with Crippen LogP contribution in [0.1, 0.15) is 18.4 Å². The third-order valence-electron chi connectivity index (χ3n) is 2.46. The van der Waals surface area contributed by atoms with Crippen molar-refractivity contribution >= 4 is 21.6 Å². The van der Waals surface area contributed by atoms with E-state index in [9.17, 15) is 10.1 Å². The van der Waals surface area contributed by atoms with Crippen molar-refractivity contribution in [3.05, 3.63) is 38.3 Å². The standard InChI is InChI=1S/C9H9BrN2O2/c10-7-3-6(9(11)1-2-9)4-8(5-7)12(13)14/h3-5H,1-2,11H2. The monoisotopic (exact) mass is 256 g/mol. The molecule has 1 aromatic carbocycles. The third kappa shape index (κ3) is 1.65. The zero-order valence-electron chi connectivity index (χ0n) is 7.37. The highest BCUT2D eigenvalue weighted by Crippen LogP contribution is 2.44. The van der Waals surface area contributed by atoms with Gasteiger partial charge in [0, 0.05) is 22.1 Å². The molecule has 1 fully saturated rings. The highest BCUT2D eigenvalue weighted by Gasteiger charge is 2.40. The lowest BCUT2D eigenvalue weighted by atomic mass is 10.1. The first-order chi connectivity index (χ1) is 6.51. The molecule has 0 unspecified atom stereocenters. The minimum atomic E-state index is -0.403. The van der Waals surface area contributed by atoms with E-state index >= 15 is 0 Å². The molecule has 1 saturated carbocycles. The average molecular weight is 257 g/mol. The molecule has 0 saturated heterocycles. The molecule has 2 N–H and O–H groups in total. The molecule has 0 heterocycles. The van der Waals surface area contributed by atoms with E-state index in [4.69, 9.17) is 5.73 Å². The maximum Gasteiger partial charge on any atom is 0.270 e. The number of nitrogens with zero attached hydrogens (tertiary/aromatic N) is 1. The Labute approximate surface area is 89.4 Å². The average Bonchev–Trinajstić information content (AvgIpc) is 2.84. The molecule has 5 heteroatoms. The fourth-order valence-corrected chi connectivity index (χ4v) is 1.87. The number of halogens is 1. The molecule has 0 atom stereocenters. The molecule has 1 aliphatic rings. The Balaban J connectivity index is 2.47. The minimum absolute atomic E-state index is 0.0890. The molecule has 4 nitrogen and oxygen atoms in total. The topological polar surface area (TPSA) is 69.2 Å². The number of hydrogen-bond acceptors (Lipinski definition) is 3. The van der Waals surface area contributed by atoms with Crippen LogP contribution in [-0.2, 0) is 5.54 Å². The summed E-state index contributed by atoms with van der Waals surface area (Å²) >= 11 is 3.24. The van der Waals surface area contributed by atoms with E-state index in [2.05, 4.69) is 15.9 Å². The van der Waals surface area contributed by atoms with Gasteiger partial charge in [-0.3, -0.25) is 10.1 Å². The molecule has 0 bridgehead atoms. The molecule has 1 aliphatic carbocycles. The highest BCUT2D eigenvalue weighted by atomic mass is 79.9. The quantitative estimate of drug-likeness (QED) is 0.652. The highest BCUT2D eigenvalue weighted by molar-refractivity contribution is 9.10. The minimum Gasteiger partial charge on any atom is -0.321 e. The van der Waals surface area contributed by atoms with E-state index < -0.39 is 4.92 Å². The summed E-state index contributed by atoms with van der Waals surface area (Å²) in [5.41, 5.74) is 6.57. The first kappa shape index (κ1) is 9.61. The van der Waals surface area contributed by atoms with Gasteiger partial charge < -0.3 is 5.73 Å². The fraction of sp³-hybridized carbons (Fsp3) is 0.333. The Morgan fingerprint density at radius 1 is 1.43 bits per heavy atom. The SMILES string of the molecule is NC1(c2cc(Br)cc([N+](=O)[O-])c2)CC1. The Hall–Kier alpha value is -0.940. The molecule has 0 aromatic heterocycles. The number of nitrogens with two attached hydrogens (primary N) is 1. The number of hydrogen-bond donors (Lipinski definition) is 1. The van der Waals surface area contributed by atoms with Gasteiger partial charge in [-0.1, -0.05) is 15.9 Å². The van der Waals surface area contributed by atoms with Crippen molar-refractivity contribution in [2.75, 3.05) is 0 Å². The summed E-state index contributed by atoms with van der Waals surface area (Å²) in [6.07, 6.45) is 1.81. The zero-order chi connectivity index (χ0) is 10.3. The van der Waals surface area contributed by atoms with E-state index in [1.165, 1.54) is 6.07 Å². The lowest BCUT2D eigenvalue weighted by Crippen LogP contribution is -2.18. The van der Waals surface area contributed by atoms with Gasteiger partial charge in [-0.15, -0.1) is 0 Å². The van der Waals surface area contributed by atoms with E-state index in [1.54, 1.807) is 6.07 Å². The van der Waals surface area contributed by atoms with Crippen LogP contribution in [0.15, 0.2) is 22.7 Å². The summed E-state index contributed by atoms with van der Waals surface area (Å²) in [6, 6.07) is 4.88. The first-order valence-electron chi connectivity index (χ1n) is 4.26. The molecule has 14 heavy (non-hydrogen) atoms. The molecule has 1 aromatic rings. The van der Waals surface area contributed by atoms with Crippen molar-refractivity contribution in [1.29, 1.82) is 0 Å². The van der Waals surface area contributed by atoms with Crippen LogP contribution in [0.25, 0.3) is 0 Å². The second-order valence-electron chi connectivity index (χ2n) is 3.61. The summed E-state index contributed by atoms with van der Waals surface area (Å²) in [7, 11) is 0. The summed E-state index contributed by atoms with van der Waals surface area (Å²) in [5, 5.41) is 10.6. The van der Waals surface area contributed by atoms with Crippen LogP contribution < -0.4 is 5.73 Å². The van der Waals surface area contributed by atoms with Crippen molar-refractivity contribution < 1.29 is 4.92 Å². The Morgan fingerprint density at radius 2 is 2.07 bits per heavy atom. The van der Waals surface area contributed by atoms with Crippen LogP contribution in [0.3, 0.4) is 0 Å². The maximum absolute atomic E-state index is 10.6. The van der Waals surface area contributed by atoms with Crippen LogP contribution in [0.4, 0.5) is 5.69 Å². The molecule has 0 amide bonds. The van der Waals surface area contributed by atoms with E-state index in [-0.39, 0.29) is 11.2 Å². The number of non-ortho nitro benzene ring substituents is 1. The number of nitro benzene ring substituents is 1. The van der Waals surface area contributed by atoms with Gasteiger partial charge in [-0.2, -0.15) is 0 Å². The zero-order valence-corrected chi connectivity index (χ0v) is 8.95. The van der Waals surface area contributed by atoms with Gasteiger partial charge in [0.1, 0.15) is 0 Å². The molecular formula is C9H9BrN2O2. The third-order valence-corrected chi connectivity index (χ3v) is 2.91. The molecule has 0 aliphatic heterocycles. The van der Waals surface area contributed by atoms with Gasteiger partial charge in [-0.05, 0) is 24.5 Å². The van der Waals surface area contributed by atoms with Gasteiger partial charge in [0.15, 0.2) is 0 Å². The van der Waals surface area contributed by atoms with Crippen LogP contribution in [0.2, 0.25) is 0 Å². The van der Waals surface area contributed by atoms with Gasteiger partial charge in [-0.25, -0.2) is 0 Å². The lowest BCUT2D eigenvalue weighted by Gasteiger charge is -2.08. The van der Waals surface area contributed by atoms with Crippen LogP contribution in [-0.4, -0.2) is 4.92 Å². The Kier molecular flexibility index (Phi) is 2.08. The molecule has 0 spiro atoms. The predicted octanol–water partition coefficient (Wildman–Crippen LogP) is 2.31. The summed E-state index contributed by atoms with van der Waals surface area (Å²) < 4.78 is 0.707. The maximum atomic E-state index is 10.6. The summed E-state index contributed by atoms with van der Waals surface area (Å²) in [5.74, 6) is 0. The fourth-order valence-electron chi connectivity index (χ4n) is 1.39. The van der Waals surface area contributed by atoms with Crippen LogP contribution >= 0.6 is 15.9 Å². The van der Waals surface area contributed by atoms with E-state index in [0.29, 0.717) is 4.47 Å². The van der Waals surface area contributed by atoms with Crippen molar-refractivity contribution in [3.8, 4) is 0 Å². The first-order valence-corrected chi connectivity index (χ1v) is 5.05. The number of rotatable bonds is 2. The van der Waals surface area contributed by atoms with Crippen LogP contribution in [0.5, 0.6) is 0 Å². The van der Waals surface area contributed by atoms with Gasteiger partial charge in [0.25, 0.3) is 5.69 Å². The second kappa shape index (κ2) is 3.03. The van der Waals surface area contributed by atoms with Crippen molar-refractivity contribution in [2.45, 2.75) is 18.4 Å². The number of benzene rings is 1. The van der Waals surface area contributed by atoms with Gasteiger partial charge in [0.05, 0.1) is 4.92 Å². The van der Waals surface area contributed by atoms with Crippen LogP contribution in [0, 0.1) is 10.1 Å². The van der Waals surface area contributed by atoms with Gasteiger partial charge >= 0.3 is 0 Å². The lowest BCUT2D eigenvalue weighted by molar-refractivity contribution is -0.385. The Bertz CT molecular complexity index is 402. The predicted molar refractivity (Wildman–Crippen MR) is 55.9 cm³/mol. The van der Waals surface area contributed by atoms with Crippen molar-refractivity contribution in [3.63, 3.8) is 0 Å². The second-order valence-corrected chi connectivity index (χ2v) is 4.53. The van der Waals surface area contributed by atoms with E-state index in [1.807, 2.05) is 6.07 Å². The Morgan fingerprint density at radius 3 is 2.57 bits per heavy atom. The smallest absolute Gasteiger partial charge is 0.270 e. The van der Waals surface area contributed by atoms with Crippen molar-refractivity contribution in [1.82, 2.24) is 0 Å². The molecule has 2 rings (SSSR count). The normalized spacial score (nSPS) is 17.9. The van der Waals surface area contributed by atoms with Gasteiger partial charge in [0.2, 0.25) is 0 Å². The largest absolute Gasteiger partial charge is 0.321 e. The molecular weight excluding hydrogens is 248 g/mol. The summed E-state index contributed by atoms with van der Waals surface area (Å²) in [6.45, 7) is 0. The molecule has 0 radical (unpaired) electrons. The number of nitro groups is 1. The van der Waals surface area contributed by atoms with Crippen molar-refractivity contribution in [2.24, 2.45) is 5.73 Å². The van der Waals surface area contributed by atoms with E-state index in [0.717, 1.165) is 18.4 Å².